The van der Waals surface area contributed by atoms with E-state index in [0.29, 0.717) is 32.7 Å². The Kier molecular flexibility index (Phi) is 6.50. The quantitative estimate of drug-likeness (QED) is 0.584. The third-order valence-corrected chi connectivity index (χ3v) is 5.74. The zero-order chi connectivity index (χ0) is 22.5. The molecule has 164 valence electrons. The Hall–Kier alpha value is -3.67. The lowest BCUT2D eigenvalue weighted by atomic mass is 10.1. The molecule has 2 aromatic carbocycles. The molecule has 0 N–H and O–H groups in total. The molecule has 0 unspecified atom stereocenters. The van der Waals surface area contributed by atoms with Crippen LogP contribution < -0.4 is 0 Å². The first-order chi connectivity index (χ1) is 15.5. The third-order valence-electron chi connectivity index (χ3n) is 5.74. The Labute approximate surface area is 188 Å². The van der Waals surface area contributed by atoms with Crippen molar-refractivity contribution in [2.24, 2.45) is 0 Å². The molecule has 0 radical (unpaired) electrons. The number of hydrogen-bond donors (Lipinski definition) is 0. The van der Waals surface area contributed by atoms with Gasteiger partial charge in [0.15, 0.2) is 0 Å². The molecule has 1 saturated heterocycles. The average molecular weight is 429 g/mol. The highest BCUT2D eigenvalue weighted by Gasteiger charge is 2.21. The van der Waals surface area contributed by atoms with Crippen LogP contribution in [0.2, 0.25) is 0 Å². The van der Waals surface area contributed by atoms with Crippen molar-refractivity contribution in [1.29, 1.82) is 0 Å². The normalized spacial score (nSPS) is 14.2. The van der Waals surface area contributed by atoms with Gasteiger partial charge in [0.05, 0.1) is 12.2 Å². The van der Waals surface area contributed by atoms with Gasteiger partial charge in [0.1, 0.15) is 0 Å². The van der Waals surface area contributed by atoms with E-state index in [1.54, 1.807) is 22.8 Å². The summed E-state index contributed by atoms with van der Waals surface area (Å²) in [5.74, 6) is 0.0140. The lowest BCUT2D eigenvalue weighted by Gasteiger charge is -2.33. The topological polar surface area (TPSA) is 58.4 Å². The maximum atomic E-state index is 12.7. The number of hydrogen-bond acceptors (Lipinski definition) is 3. The van der Waals surface area contributed by atoms with Gasteiger partial charge >= 0.3 is 0 Å². The van der Waals surface area contributed by atoms with Crippen molar-refractivity contribution in [3.63, 3.8) is 0 Å². The Bertz CT molecular complexity index is 1110. The van der Waals surface area contributed by atoms with Crippen molar-refractivity contribution in [1.82, 2.24) is 19.6 Å². The summed E-state index contributed by atoms with van der Waals surface area (Å²) in [5.41, 5.74) is 5.13. The predicted molar refractivity (Wildman–Crippen MR) is 126 cm³/mol. The van der Waals surface area contributed by atoms with Crippen LogP contribution in [0.1, 0.15) is 23.6 Å². The van der Waals surface area contributed by atoms with E-state index < -0.39 is 0 Å². The van der Waals surface area contributed by atoms with Crippen molar-refractivity contribution in [3.05, 3.63) is 83.6 Å². The summed E-state index contributed by atoms with van der Waals surface area (Å²) in [6, 6.07) is 18.4. The van der Waals surface area contributed by atoms with E-state index in [2.05, 4.69) is 43.3 Å². The molecule has 0 atom stereocenters. The van der Waals surface area contributed by atoms with E-state index in [-0.39, 0.29) is 11.8 Å². The van der Waals surface area contributed by atoms with Crippen LogP contribution in [0.5, 0.6) is 0 Å². The van der Waals surface area contributed by atoms with Crippen molar-refractivity contribution in [2.45, 2.75) is 20.4 Å². The molecule has 1 aliphatic heterocycles. The summed E-state index contributed by atoms with van der Waals surface area (Å²) in [7, 11) is 0. The molecule has 1 fully saturated rings. The maximum absolute atomic E-state index is 12.7. The molecule has 2 amide bonds. The highest BCUT2D eigenvalue weighted by molar-refractivity contribution is 5.93. The van der Waals surface area contributed by atoms with E-state index in [4.69, 9.17) is 5.10 Å². The highest BCUT2D eigenvalue weighted by atomic mass is 16.2. The second kappa shape index (κ2) is 9.64. The van der Waals surface area contributed by atoms with Crippen LogP contribution in [0, 0.1) is 6.92 Å². The number of piperazine rings is 1. The van der Waals surface area contributed by atoms with Crippen LogP contribution in [0.25, 0.3) is 17.3 Å². The third kappa shape index (κ3) is 5.14. The van der Waals surface area contributed by atoms with E-state index in [1.807, 2.05) is 35.2 Å². The lowest BCUT2D eigenvalue weighted by Crippen LogP contribution is -2.49. The monoisotopic (exact) mass is 428 g/mol. The minimum atomic E-state index is -0.0427. The summed E-state index contributed by atoms with van der Waals surface area (Å²) in [6.07, 6.45) is 5.45. The van der Waals surface area contributed by atoms with Crippen LogP contribution in [0.4, 0.5) is 0 Å². The van der Waals surface area contributed by atoms with Gasteiger partial charge < -0.3 is 9.80 Å². The number of benzene rings is 2. The zero-order valence-electron chi connectivity index (χ0n) is 18.6. The summed E-state index contributed by atoms with van der Waals surface area (Å²) in [5, 5.41) is 4.82. The second-order valence-electron chi connectivity index (χ2n) is 8.15. The van der Waals surface area contributed by atoms with Gasteiger partial charge in [0.2, 0.25) is 11.8 Å². The van der Waals surface area contributed by atoms with Crippen molar-refractivity contribution < 1.29 is 9.59 Å². The smallest absolute Gasteiger partial charge is 0.246 e. The Morgan fingerprint density at radius 3 is 2.25 bits per heavy atom. The van der Waals surface area contributed by atoms with Gasteiger partial charge in [-0.15, -0.1) is 0 Å². The Balaban J connectivity index is 1.55. The van der Waals surface area contributed by atoms with Gasteiger partial charge in [-0.05, 0) is 18.6 Å². The number of carbonyl (C=O) groups is 2. The molecule has 0 spiro atoms. The first-order valence-corrected chi connectivity index (χ1v) is 10.9. The molecule has 2 heterocycles. The SMILES string of the molecule is CC(=O)N1CCN(C(=O)/C=C/c2cn(Cc3ccccc3)nc2-c2ccc(C)cc2)CC1. The predicted octanol–water partition coefficient (Wildman–Crippen LogP) is 3.61. The number of aromatic nitrogens is 2. The Morgan fingerprint density at radius 2 is 1.59 bits per heavy atom. The molecule has 3 aromatic rings. The van der Waals surface area contributed by atoms with E-state index in [9.17, 15) is 9.59 Å². The van der Waals surface area contributed by atoms with Crippen LogP contribution >= 0.6 is 0 Å². The van der Waals surface area contributed by atoms with Gasteiger partial charge in [-0.2, -0.15) is 5.10 Å². The summed E-state index contributed by atoms with van der Waals surface area (Å²) >= 11 is 0. The molecule has 4 rings (SSSR count). The number of aryl methyl sites for hydroxylation is 1. The minimum Gasteiger partial charge on any atom is -0.339 e. The molecule has 0 saturated carbocycles. The molecular weight excluding hydrogens is 400 g/mol. The lowest BCUT2D eigenvalue weighted by molar-refractivity contribution is -0.135. The van der Waals surface area contributed by atoms with Crippen LogP contribution in [0.3, 0.4) is 0 Å². The van der Waals surface area contributed by atoms with Gasteiger partial charge in [-0.1, -0.05) is 60.2 Å². The van der Waals surface area contributed by atoms with E-state index in [1.165, 1.54) is 11.1 Å². The fourth-order valence-electron chi connectivity index (χ4n) is 3.85. The van der Waals surface area contributed by atoms with Gasteiger partial charge in [-0.25, -0.2) is 0 Å². The molecule has 6 nitrogen and oxygen atoms in total. The van der Waals surface area contributed by atoms with Crippen molar-refractivity contribution in [3.8, 4) is 11.3 Å². The van der Waals surface area contributed by atoms with Crippen molar-refractivity contribution >= 4 is 17.9 Å². The molecule has 32 heavy (non-hydrogen) atoms. The molecule has 0 aliphatic carbocycles. The summed E-state index contributed by atoms with van der Waals surface area (Å²) in [6.45, 7) is 6.56. The Morgan fingerprint density at radius 1 is 0.938 bits per heavy atom. The molecule has 1 aliphatic rings. The van der Waals surface area contributed by atoms with Crippen LogP contribution in [-0.2, 0) is 16.1 Å². The minimum absolute atomic E-state index is 0.0427. The zero-order valence-corrected chi connectivity index (χ0v) is 18.6. The molecule has 0 bridgehead atoms. The largest absolute Gasteiger partial charge is 0.339 e. The van der Waals surface area contributed by atoms with Crippen molar-refractivity contribution in [2.75, 3.05) is 26.2 Å². The standard InChI is InChI=1S/C26H28N4O2/c1-20-8-10-23(11-9-20)26-24(19-30(27-26)18-22-6-4-3-5-7-22)12-13-25(32)29-16-14-28(15-17-29)21(2)31/h3-13,19H,14-18H2,1-2H3/b13-12+. The number of carbonyl (C=O) groups excluding carboxylic acids is 2. The first kappa shape index (κ1) is 21.6. The highest BCUT2D eigenvalue weighted by Crippen LogP contribution is 2.24. The number of rotatable bonds is 5. The maximum Gasteiger partial charge on any atom is 0.246 e. The van der Waals surface area contributed by atoms with E-state index >= 15 is 0 Å². The molecule has 6 heteroatoms. The van der Waals surface area contributed by atoms with Gasteiger partial charge in [0.25, 0.3) is 0 Å². The first-order valence-electron chi connectivity index (χ1n) is 10.9. The fraction of sp³-hybridized carbons (Fsp3) is 0.269. The van der Waals surface area contributed by atoms with Crippen LogP contribution in [-0.4, -0.2) is 57.6 Å². The van der Waals surface area contributed by atoms with E-state index in [0.717, 1.165) is 16.8 Å². The van der Waals surface area contributed by atoms with Crippen LogP contribution in [0.15, 0.2) is 66.9 Å². The fourth-order valence-corrected chi connectivity index (χ4v) is 3.85. The molecule has 1 aromatic heterocycles. The summed E-state index contributed by atoms with van der Waals surface area (Å²) < 4.78 is 1.92. The number of amides is 2. The summed E-state index contributed by atoms with van der Waals surface area (Å²) in [4.78, 5) is 27.8. The molecular formula is C26H28N4O2. The van der Waals surface area contributed by atoms with Gasteiger partial charge in [-0.3, -0.25) is 14.3 Å². The second-order valence-corrected chi connectivity index (χ2v) is 8.15. The number of nitrogens with zero attached hydrogens (tertiary/aromatic N) is 4. The average Bonchev–Trinajstić information content (AvgIpc) is 3.21. The van der Waals surface area contributed by atoms with Gasteiger partial charge in [0, 0.05) is 56.5 Å².